The average Bonchev–Trinajstić information content (AvgIpc) is 2.93. The van der Waals surface area contributed by atoms with Gasteiger partial charge >= 0.3 is 0 Å². The Morgan fingerprint density at radius 1 is 1.33 bits per heavy atom. The van der Waals surface area contributed by atoms with E-state index in [4.69, 9.17) is 5.73 Å². The van der Waals surface area contributed by atoms with Crippen LogP contribution in [0, 0.1) is 5.92 Å². The number of rotatable bonds is 3. The maximum absolute atomic E-state index is 6.18. The van der Waals surface area contributed by atoms with Gasteiger partial charge in [0.25, 0.3) is 0 Å². The molecule has 0 spiro atoms. The third kappa shape index (κ3) is 2.71. The van der Waals surface area contributed by atoms with E-state index >= 15 is 0 Å². The van der Waals surface area contributed by atoms with Crippen LogP contribution in [0.25, 0.3) is 0 Å². The Morgan fingerprint density at radius 2 is 2.00 bits per heavy atom. The molecular formula is C12H25N3. The molecule has 2 aliphatic rings. The summed E-state index contributed by atoms with van der Waals surface area (Å²) in [6, 6.07) is 0.421. The van der Waals surface area contributed by atoms with Gasteiger partial charge in [-0.15, -0.1) is 0 Å². The zero-order valence-electron chi connectivity index (χ0n) is 10.4. The zero-order chi connectivity index (χ0) is 11.1. The summed E-state index contributed by atoms with van der Waals surface area (Å²) in [5.74, 6) is 0.827. The Balaban J connectivity index is 1.83. The van der Waals surface area contributed by atoms with Crippen molar-refractivity contribution in [3.8, 4) is 0 Å². The summed E-state index contributed by atoms with van der Waals surface area (Å²) in [7, 11) is 2.22. The molecule has 0 aromatic heterocycles. The minimum atomic E-state index is 0.307. The van der Waals surface area contributed by atoms with E-state index in [-0.39, 0.29) is 0 Å². The number of hydrogen-bond donors (Lipinski definition) is 1. The van der Waals surface area contributed by atoms with E-state index in [9.17, 15) is 0 Å². The van der Waals surface area contributed by atoms with E-state index in [1.807, 2.05) is 0 Å². The summed E-state index contributed by atoms with van der Waals surface area (Å²) >= 11 is 0. The van der Waals surface area contributed by atoms with Gasteiger partial charge in [0.05, 0.1) is 0 Å². The fraction of sp³-hybridized carbons (Fsp3) is 1.00. The fourth-order valence-electron chi connectivity index (χ4n) is 2.47. The first-order valence-corrected chi connectivity index (χ1v) is 6.18. The highest BCUT2D eigenvalue weighted by Crippen LogP contribution is 2.32. The van der Waals surface area contributed by atoms with Crippen LogP contribution in [0.5, 0.6) is 0 Å². The van der Waals surface area contributed by atoms with Gasteiger partial charge in [0.15, 0.2) is 0 Å². The van der Waals surface area contributed by atoms with E-state index in [2.05, 4.69) is 30.7 Å². The molecule has 3 heteroatoms. The Labute approximate surface area is 93.6 Å². The van der Waals surface area contributed by atoms with Gasteiger partial charge in [0.2, 0.25) is 0 Å². The van der Waals surface area contributed by atoms with Crippen molar-refractivity contribution >= 4 is 0 Å². The standard InChI is InChI=1S/C12H25N3/c1-12(2)9-15(7-6-14(12)3)8-11(13)10-4-5-10/h10-11H,4-9,13H2,1-3H3. The lowest BCUT2D eigenvalue weighted by Crippen LogP contribution is -2.59. The van der Waals surface area contributed by atoms with Gasteiger partial charge in [-0.25, -0.2) is 0 Å². The van der Waals surface area contributed by atoms with E-state index in [1.165, 1.54) is 25.9 Å². The van der Waals surface area contributed by atoms with Crippen LogP contribution in [0.15, 0.2) is 0 Å². The number of nitrogens with two attached hydrogens (primary N) is 1. The third-order valence-corrected chi connectivity index (χ3v) is 4.09. The van der Waals surface area contributed by atoms with Crippen LogP contribution in [0.3, 0.4) is 0 Å². The normalized spacial score (nSPS) is 30.4. The van der Waals surface area contributed by atoms with Gasteiger partial charge in [-0.3, -0.25) is 9.80 Å². The third-order valence-electron chi connectivity index (χ3n) is 4.09. The minimum absolute atomic E-state index is 0.307. The molecule has 1 saturated carbocycles. The maximum atomic E-state index is 6.18. The summed E-state index contributed by atoms with van der Waals surface area (Å²) in [6.45, 7) is 9.25. The molecule has 3 nitrogen and oxygen atoms in total. The first kappa shape index (κ1) is 11.4. The molecule has 15 heavy (non-hydrogen) atoms. The van der Waals surface area contributed by atoms with Crippen molar-refractivity contribution in [2.24, 2.45) is 11.7 Å². The molecule has 0 amide bonds. The van der Waals surface area contributed by atoms with Gasteiger partial charge < -0.3 is 5.73 Å². The predicted molar refractivity (Wildman–Crippen MR) is 63.8 cm³/mol. The Hall–Kier alpha value is -0.120. The van der Waals surface area contributed by atoms with Crippen molar-refractivity contribution in [3.05, 3.63) is 0 Å². The Kier molecular flexibility index (Phi) is 3.06. The second kappa shape index (κ2) is 4.04. The Morgan fingerprint density at radius 3 is 2.53 bits per heavy atom. The van der Waals surface area contributed by atoms with Crippen molar-refractivity contribution in [2.75, 3.05) is 33.2 Å². The first-order chi connectivity index (χ1) is 6.99. The quantitative estimate of drug-likeness (QED) is 0.748. The SMILES string of the molecule is CN1CCN(CC(N)C2CC2)CC1(C)C. The molecule has 1 saturated heterocycles. The molecule has 1 unspecified atom stereocenters. The predicted octanol–water partition coefficient (Wildman–Crippen LogP) is 0.750. The Bertz CT molecular complexity index is 223. The summed E-state index contributed by atoms with van der Waals surface area (Å²) < 4.78 is 0. The van der Waals surface area contributed by atoms with Gasteiger partial charge in [0.1, 0.15) is 0 Å². The molecule has 1 aliphatic heterocycles. The zero-order valence-corrected chi connectivity index (χ0v) is 10.4. The highest BCUT2D eigenvalue weighted by Gasteiger charge is 2.34. The molecule has 88 valence electrons. The molecule has 0 bridgehead atoms. The smallest absolute Gasteiger partial charge is 0.0277 e. The number of piperazine rings is 1. The molecule has 0 radical (unpaired) electrons. The highest BCUT2D eigenvalue weighted by molar-refractivity contribution is 4.92. The van der Waals surface area contributed by atoms with Crippen molar-refractivity contribution in [3.63, 3.8) is 0 Å². The lowest BCUT2D eigenvalue weighted by molar-refractivity contribution is 0.0362. The summed E-state index contributed by atoms with van der Waals surface area (Å²) in [5.41, 5.74) is 6.48. The second-order valence-electron chi connectivity index (χ2n) is 5.97. The fourth-order valence-corrected chi connectivity index (χ4v) is 2.47. The molecule has 0 aromatic rings. The van der Waals surface area contributed by atoms with Crippen molar-refractivity contribution in [1.82, 2.24) is 9.80 Å². The van der Waals surface area contributed by atoms with Crippen LogP contribution in [0.1, 0.15) is 26.7 Å². The molecule has 2 N–H and O–H groups in total. The van der Waals surface area contributed by atoms with Gasteiger partial charge in [-0.2, -0.15) is 0 Å². The number of nitrogens with zero attached hydrogens (tertiary/aromatic N) is 2. The van der Waals surface area contributed by atoms with Crippen LogP contribution in [-0.4, -0.2) is 54.6 Å². The second-order valence-corrected chi connectivity index (χ2v) is 5.97. The lowest BCUT2D eigenvalue weighted by atomic mass is 9.99. The molecule has 2 fully saturated rings. The van der Waals surface area contributed by atoms with Crippen LogP contribution in [0.4, 0.5) is 0 Å². The number of likely N-dealkylation sites (N-methyl/N-ethyl adjacent to an activating group) is 1. The van der Waals surface area contributed by atoms with Crippen molar-refractivity contribution in [1.29, 1.82) is 0 Å². The largest absolute Gasteiger partial charge is 0.326 e. The lowest BCUT2D eigenvalue weighted by Gasteiger charge is -2.46. The van der Waals surface area contributed by atoms with Gasteiger partial charge in [0, 0.05) is 37.8 Å². The van der Waals surface area contributed by atoms with Crippen LogP contribution >= 0.6 is 0 Å². The highest BCUT2D eigenvalue weighted by atomic mass is 15.3. The maximum Gasteiger partial charge on any atom is 0.0277 e. The molecule has 2 rings (SSSR count). The summed E-state index contributed by atoms with van der Waals surface area (Å²) in [5, 5.41) is 0. The van der Waals surface area contributed by atoms with Crippen molar-refractivity contribution in [2.45, 2.75) is 38.3 Å². The average molecular weight is 211 g/mol. The van der Waals surface area contributed by atoms with E-state index in [0.717, 1.165) is 19.0 Å². The monoisotopic (exact) mass is 211 g/mol. The molecule has 1 aliphatic carbocycles. The minimum Gasteiger partial charge on any atom is -0.326 e. The van der Waals surface area contributed by atoms with Crippen molar-refractivity contribution < 1.29 is 0 Å². The molecule has 1 atom stereocenters. The topological polar surface area (TPSA) is 32.5 Å². The molecular weight excluding hydrogens is 186 g/mol. The van der Waals surface area contributed by atoms with Gasteiger partial charge in [-0.1, -0.05) is 0 Å². The van der Waals surface area contributed by atoms with E-state index in [0.29, 0.717) is 11.6 Å². The first-order valence-electron chi connectivity index (χ1n) is 6.18. The van der Waals surface area contributed by atoms with E-state index < -0.39 is 0 Å². The number of hydrogen-bond acceptors (Lipinski definition) is 3. The molecule has 0 aromatic carbocycles. The summed E-state index contributed by atoms with van der Waals surface area (Å²) in [4.78, 5) is 5.00. The van der Waals surface area contributed by atoms with Crippen LogP contribution < -0.4 is 5.73 Å². The van der Waals surface area contributed by atoms with Crippen LogP contribution in [0.2, 0.25) is 0 Å². The van der Waals surface area contributed by atoms with Gasteiger partial charge in [-0.05, 0) is 39.7 Å². The molecule has 1 heterocycles. The van der Waals surface area contributed by atoms with E-state index in [1.54, 1.807) is 0 Å². The summed E-state index contributed by atoms with van der Waals surface area (Å²) in [6.07, 6.45) is 2.72. The van der Waals surface area contributed by atoms with Crippen LogP contribution in [-0.2, 0) is 0 Å².